The maximum Gasteiger partial charge on any atom is 0.317 e. The quantitative estimate of drug-likeness (QED) is 0.633. The molecule has 0 aromatic rings. The van der Waals surface area contributed by atoms with Crippen molar-refractivity contribution >= 4 is 6.03 Å². The van der Waals surface area contributed by atoms with E-state index in [-0.39, 0.29) is 18.2 Å². The topological polar surface area (TPSA) is 53.6 Å². The van der Waals surface area contributed by atoms with E-state index in [4.69, 9.17) is 4.74 Å². The zero-order valence-electron chi connectivity index (χ0n) is 9.32. The minimum absolute atomic E-state index is 0.0448. The van der Waals surface area contributed by atoms with Crippen LogP contribution >= 0.6 is 0 Å². The zero-order valence-corrected chi connectivity index (χ0v) is 9.32. The molecular formula is C10H19N3O2. The smallest absolute Gasteiger partial charge is 0.317 e. The van der Waals surface area contributed by atoms with Crippen molar-refractivity contribution in [3.05, 3.63) is 0 Å². The van der Waals surface area contributed by atoms with Gasteiger partial charge in [-0.25, -0.2) is 4.79 Å². The Bertz CT molecular complexity index is 245. The summed E-state index contributed by atoms with van der Waals surface area (Å²) in [6.07, 6.45) is 2.42. The predicted molar refractivity (Wildman–Crippen MR) is 56.8 cm³/mol. The van der Waals surface area contributed by atoms with Gasteiger partial charge in [-0.3, -0.25) is 0 Å². The fourth-order valence-electron chi connectivity index (χ4n) is 2.23. The molecule has 5 heteroatoms. The maximum absolute atomic E-state index is 11.5. The summed E-state index contributed by atoms with van der Waals surface area (Å²) in [7, 11) is 3.49. The number of nitrogens with zero attached hydrogens (tertiary/aromatic N) is 1. The molecule has 0 radical (unpaired) electrons. The van der Waals surface area contributed by atoms with Crippen molar-refractivity contribution in [1.29, 1.82) is 0 Å². The highest BCUT2D eigenvalue weighted by Crippen LogP contribution is 2.21. The summed E-state index contributed by atoms with van der Waals surface area (Å²) < 4.78 is 5.70. The molecule has 2 fully saturated rings. The van der Waals surface area contributed by atoms with Crippen LogP contribution in [0, 0.1) is 0 Å². The van der Waals surface area contributed by atoms with Crippen LogP contribution in [0.5, 0.6) is 0 Å². The Kier molecular flexibility index (Phi) is 3.11. The molecule has 0 saturated carbocycles. The summed E-state index contributed by atoms with van der Waals surface area (Å²) in [4.78, 5) is 13.1. The molecular weight excluding hydrogens is 194 g/mol. The van der Waals surface area contributed by atoms with Gasteiger partial charge < -0.3 is 20.3 Å². The monoisotopic (exact) mass is 213 g/mol. The number of carbonyl (C=O) groups is 1. The van der Waals surface area contributed by atoms with E-state index in [1.165, 1.54) is 0 Å². The molecule has 3 unspecified atom stereocenters. The molecule has 0 spiro atoms. The number of carbonyl (C=O) groups excluding carboxylic acids is 1. The second-order valence-electron chi connectivity index (χ2n) is 4.44. The highest BCUT2D eigenvalue weighted by molar-refractivity contribution is 5.74. The molecule has 2 heterocycles. The predicted octanol–water partition coefficient (Wildman–Crippen LogP) is -0.223. The highest BCUT2D eigenvalue weighted by atomic mass is 16.5. The minimum atomic E-state index is -0.0448. The third-order valence-corrected chi connectivity index (χ3v) is 3.08. The van der Waals surface area contributed by atoms with Crippen LogP contribution in [-0.4, -0.2) is 56.4 Å². The van der Waals surface area contributed by atoms with E-state index < -0.39 is 0 Å². The first kappa shape index (κ1) is 10.7. The Morgan fingerprint density at radius 1 is 1.53 bits per heavy atom. The van der Waals surface area contributed by atoms with E-state index in [2.05, 4.69) is 10.6 Å². The molecule has 2 N–H and O–H groups in total. The average molecular weight is 213 g/mol. The van der Waals surface area contributed by atoms with Crippen molar-refractivity contribution in [3.63, 3.8) is 0 Å². The molecule has 2 aliphatic rings. The number of rotatable bonds is 1. The Morgan fingerprint density at radius 3 is 3.07 bits per heavy atom. The lowest BCUT2D eigenvalue weighted by Gasteiger charge is -2.29. The second-order valence-corrected chi connectivity index (χ2v) is 4.44. The number of amides is 2. The summed E-state index contributed by atoms with van der Waals surface area (Å²) in [5.74, 6) is 0. The fraction of sp³-hybridized carbons (Fsp3) is 0.900. The molecule has 2 amide bonds. The van der Waals surface area contributed by atoms with E-state index in [1.807, 2.05) is 0 Å². The fourth-order valence-corrected chi connectivity index (χ4v) is 2.23. The van der Waals surface area contributed by atoms with Gasteiger partial charge in [-0.1, -0.05) is 0 Å². The molecule has 2 aliphatic heterocycles. The summed E-state index contributed by atoms with van der Waals surface area (Å²) in [5, 5.41) is 6.37. The lowest BCUT2D eigenvalue weighted by molar-refractivity contribution is -0.00131. The van der Waals surface area contributed by atoms with Crippen molar-refractivity contribution in [1.82, 2.24) is 15.5 Å². The largest absolute Gasteiger partial charge is 0.374 e. The number of hydrogen-bond donors (Lipinski definition) is 2. The summed E-state index contributed by atoms with van der Waals surface area (Å²) in [6.45, 7) is 1.63. The minimum Gasteiger partial charge on any atom is -0.374 e. The number of urea groups is 1. The number of hydrogen-bond acceptors (Lipinski definition) is 3. The molecule has 15 heavy (non-hydrogen) atoms. The molecule has 2 rings (SSSR count). The van der Waals surface area contributed by atoms with Crippen molar-refractivity contribution in [2.24, 2.45) is 0 Å². The first-order valence-electron chi connectivity index (χ1n) is 5.51. The Balaban J connectivity index is 1.90. The van der Waals surface area contributed by atoms with Gasteiger partial charge >= 0.3 is 6.03 Å². The van der Waals surface area contributed by atoms with Gasteiger partial charge in [-0.2, -0.15) is 0 Å². The number of nitrogens with one attached hydrogen (secondary N) is 2. The van der Waals surface area contributed by atoms with Crippen molar-refractivity contribution < 1.29 is 9.53 Å². The van der Waals surface area contributed by atoms with Crippen LogP contribution in [0.2, 0.25) is 0 Å². The van der Waals surface area contributed by atoms with Gasteiger partial charge in [-0.15, -0.1) is 0 Å². The van der Waals surface area contributed by atoms with Crippen molar-refractivity contribution in [2.75, 3.05) is 27.2 Å². The third kappa shape index (κ3) is 2.23. The summed E-state index contributed by atoms with van der Waals surface area (Å²) in [6, 6.07) is 0.494. The molecule has 0 aromatic heterocycles. The Morgan fingerprint density at radius 2 is 2.33 bits per heavy atom. The SMILES string of the molecule is CN(C)C(=O)NC1CNC2CCCOC21. The first-order valence-corrected chi connectivity index (χ1v) is 5.51. The molecule has 3 atom stereocenters. The normalized spacial score (nSPS) is 34.7. The summed E-state index contributed by atoms with van der Waals surface area (Å²) >= 11 is 0. The molecule has 2 saturated heterocycles. The van der Waals surface area contributed by atoms with Gasteiger partial charge in [0.1, 0.15) is 0 Å². The van der Waals surface area contributed by atoms with E-state index in [0.29, 0.717) is 6.04 Å². The van der Waals surface area contributed by atoms with Gasteiger partial charge in [-0.05, 0) is 12.8 Å². The van der Waals surface area contributed by atoms with Gasteiger partial charge in [0.2, 0.25) is 0 Å². The highest BCUT2D eigenvalue weighted by Gasteiger charge is 2.39. The van der Waals surface area contributed by atoms with E-state index in [0.717, 1.165) is 26.0 Å². The van der Waals surface area contributed by atoms with Gasteiger partial charge in [0.25, 0.3) is 0 Å². The maximum atomic E-state index is 11.5. The van der Waals surface area contributed by atoms with Crippen LogP contribution in [-0.2, 0) is 4.74 Å². The molecule has 0 aliphatic carbocycles. The van der Waals surface area contributed by atoms with Crippen LogP contribution < -0.4 is 10.6 Å². The molecule has 0 aromatic carbocycles. The average Bonchev–Trinajstić information content (AvgIpc) is 2.62. The Hall–Kier alpha value is -0.810. The molecule has 5 nitrogen and oxygen atoms in total. The standard InChI is InChI=1S/C10H19N3O2/c1-13(2)10(14)12-8-6-11-7-4-3-5-15-9(7)8/h7-9,11H,3-6H2,1-2H3,(H,12,14). The lowest BCUT2D eigenvalue weighted by Crippen LogP contribution is -2.50. The van der Waals surface area contributed by atoms with E-state index in [1.54, 1.807) is 19.0 Å². The zero-order chi connectivity index (χ0) is 10.8. The summed E-state index contributed by atoms with van der Waals surface area (Å²) in [5.41, 5.74) is 0. The van der Waals surface area contributed by atoms with E-state index >= 15 is 0 Å². The van der Waals surface area contributed by atoms with Crippen LogP contribution in [0.25, 0.3) is 0 Å². The van der Waals surface area contributed by atoms with Crippen LogP contribution in [0.4, 0.5) is 4.79 Å². The van der Waals surface area contributed by atoms with Crippen LogP contribution in [0.15, 0.2) is 0 Å². The second kappa shape index (κ2) is 4.37. The molecule has 86 valence electrons. The van der Waals surface area contributed by atoms with Crippen LogP contribution in [0.3, 0.4) is 0 Å². The van der Waals surface area contributed by atoms with Crippen molar-refractivity contribution in [2.45, 2.75) is 31.0 Å². The van der Waals surface area contributed by atoms with Gasteiger partial charge in [0, 0.05) is 33.3 Å². The van der Waals surface area contributed by atoms with Gasteiger partial charge in [0.05, 0.1) is 12.1 Å². The van der Waals surface area contributed by atoms with Gasteiger partial charge in [0.15, 0.2) is 0 Å². The third-order valence-electron chi connectivity index (χ3n) is 3.08. The number of fused-ring (bicyclic) bond motifs is 1. The Labute approximate surface area is 90.1 Å². The molecule has 0 bridgehead atoms. The van der Waals surface area contributed by atoms with E-state index in [9.17, 15) is 4.79 Å². The first-order chi connectivity index (χ1) is 7.18. The van der Waals surface area contributed by atoms with Crippen molar-refractivity contribution in [3.8, 4) is 0 Å². The number of ether oxygens (including phenoxy) is 1. The van der Waals surface area contributed by atoms with Crippen LogP contribution in [0.1, 0.15) is 12.8 Å². The lowest BCUT2D eigenvalue weighted by atomic mass is 10.0.